The molecule has 1 aliphatic carbocycles. The average Bonchev–Trinajstić information content (AvgIpc) is 3.82. The number of hydrogen-bond donors (Lipinski definition) is 0. The van der Waals surface area contributed by atoms with E-state index in [0.717, 1.165) is 44.5 Å². The molecule has 7 rings (SSSR count). The van der Waals surface area contributed by atoms with Crippen LogP contribution in [0.15, 0.2) is 83.0 Å². The number of aryl methyl sites for hydroxylation is 4. The van der Waals surface area contributed by atoms with Crippen molar-refractivity contribution in [2.75, 3.05) is 0 Å². The third-order valence-corrected chi connectivity index (χ3v) is 11.6. The number of halogens is 8. The summed E-state index contributed by atoms with van der Waals surface area (Å²) in [5.41, 5.74) is 1.57. The summed E-state index contributed by atoms with van der Waals surface area (Å²) >= 11 is 2.00. The second kappa shape index (κ2) is 12.7. The number of fused-ring (bicyclic) bond motifs is 1. The highest BCUT2D eigenvalue weighted by Gasteiger charge is 2.80. The fourth-order valence-corrected chi connectivity index (χ4v) is 9.19. The summed E-state index contributed by atoms with van der Waals surface area (Å²) in [4.78, 5) is 5.20. The van der Waals surface area contributed by atoms with Gasteiger partial charge in [0.1, 0.15) is 0 Å². The molecular weight excluding hydrogens is 735 g/mol. The Balaban J connectivity index is 1.31. The highest BCUT2D eigenvalue weighted by Crippen LogP contribution is 2.66. The molecule has 270 valence electrons. The minimum atomic E-state index is -5.68. The summed E-state index contributed by atoms with van der Waals surface area (Å²) in [5.74, 6) is -10.2. The maximum absolute atomic E-state index is 15.7. The Hall–Kier alpha value is -4.67. The summed E-state index contributed by atoms with van der Waals surface area (Å²) in [6.07, 6.45) is 1.87. The number of aromatic nitrogens is 1. The fourth-order valence-electron chi connectivity index (χ4n) is 7.24. The van der Waals surface area contributed by atoms with Crippen LogP contribution in [0.2, 0.25) is 0 Å². The van der Waals surface area contributed by atoms with Crippen molar-refractivity contribution in [1.29, 1.82) is 0 Å². The van der Waals surface area contributed by atoms with E-state index in [1.54, 1.807) is 62.4 Å². The number of rotatable bonds is 5. The standard InChI is InChI=1S/C40H29BF8N2S2/c1-20-17-22(3)50-36(20)33(37-21(2)18-23(4)51(37)41(48)49)27-14-11-26(12-15-27)13-16-28-19-30(24(5)52-28)34-35(39(44,45)40(46,47)38(34,42)43)32-25(6)53-31-10-8-7-9-29(31)32/h7-12,14-15,17-19H,1-6H3/b36-33-. The van der Waals surface area contributed by atoms with E-state index in [-0.39, 0.29) is 25.6 Å². The van der Waals surface area contributed by atoms with Crippen LogP contribution in [0, 0.1) is 39.5 Å². The van der Waals surface area contributed by atoms with Crippen molar-refractivity contribution in [3.63, 3.8) is 0 Å². The molecule has 1 aliphatic heterocycles. The highest BCUT2D eigenvalue weighted by atomic mass is 32.1. The topological polar surface area (TPSA) is 17.3 Å². The van der Waals surface area contributed by atoms with Crippen LogP contribution in [0.25, 0.3) is 26.8 Å². The zero-order valence-electron chi connectivity index (χ0n) is 29.2. The molecule has 2 aromatic carbocycles. The van der Waals surface area contributed by atoms with Gasteiger partial charge in [-0.05, 0) is 100 Å². The van der Waals surface area contributed by atoms with Gasteiger partial charge < -0.3 is 4.48 Å². The number of hydrogen-bond acceptors (Lipinski definition) is 3. The van der Waals surface area contributed by atoms with Gasteiger partial charge in [-0.2, -0.15) is 26.3 Å². The molecular formula is C40H29BF8N2S2. The van der Waals surface area contributed by atoms with E-state index in [1.165, 1.54) is 19.9 Å². The number of thiophene rings is 2. The average molecular weight is 765 g/mol. The summed E-state index contributed by atoms with van der Waals surface area (Å²) in [5, 5.41) is 0.194. The molecule has 0 saturated carbocycles. The van der Waals surface area contributed by atoms with Crippen LogP contribution in [0.1, 0.15) is 67.7 Å². The van der Waals surface area contributed by atoms with Crippen LogP contribution in [-0.2, 0) is 0 Å². The fraction of sp³-hybridized carbons (Fsp3) is 0.225. The molecule has 13 heteroatoms. The Morgan fingerprint density at radius 1 is 0.774 bits per heavy atom. The lowest BCUT2D eigenvalue weighted by Crippen LogP contribution is -2.48. The first-order valence-corrected chi connectivity index (χ1v) is 18.1. The minimum Gasteiger partial charge on any atom is -0.329 e. The maximum Gasteiger partial charge on any atom is 0.677 e. The summed E-state index contributed by atoms with van der Waals surface area (Å²) in [6, 6.07) is 15.9. The Kier molecular flexibility index (Phi) is 8.81. The van der Waals surface area contributed by atoms with Gasteiger partial charge >= 0.3 is 25.2 Å². The van der Waals surface area contributed by atoms with Crippen LogP contribution in [0.3, 0.4) is 0 Å². The SMILES string of the molecule is CC1=CC(C)=N/C1=C(/c1ccc(C#Cc2cc(C3=C(c4c(C)sc5ccccc45)C(F)(F)C(F)(F)C3(F)F)c(C)s2)cc1)c1c(C)cc(C)n1B(F)F. The van der Waals surface area contributed by atoms with E-state index in [0.29, 0.717) is 44.0 Å². The molecule has 0 spiro atoms. The number of alkyl halides is 6. The normalized spacial score (nSPS) is 18.3. The molecule has 2 nitrogen and oxygen atoms in total. The minimum absolute atomic E-state index is 0.127. The van der Waals surface area contributed by atoms with Crippen LogP contribution < -0.4 is 0 Å². The van der Waals surface area contributed by atoms with Crippen molar-refractivity contribution in [1.82, 2.24) is 4.48 Å². The van der Waals surface area contributed by atoms with E-state index in [4.69, 9.17) is 0 Å². The van der Waals surface area contributed by atoms with Gasteiger partial charge in [-0.1, -0.05) is 42.2 Å². The molecule has 0 unspecified atom stereocenters. The number of benzene rings is 2. The van der Waals surface area contributed by atoms with Gasteiger partial charge in [0.25, 0.3) is 0 Å². The summed E-state index contributed by atoms with van der Waals surface area (Å²) < 4.78 is 123. The van der Waals surface area contributed by atoms with Gasteiger partial charge in [0.2, 0.25) is 0 Å². The molecule has 0 N–H and O–H groups in total. The smallest absolute Gasteiger partial charge is 0.329 e. The van der Waals surface area contributed by atoms with E-state index in [9.17, 15) is 8.63 Å². The zero-order chi connectivity index (χ0) is 38.4. The lowest BCUT2D eigenvalue weighted by atomic mass is 9.93. The van der Waals surface area contributed by atoms with Gasteiger partial charge in [-0.3, -0.25) is 13.6 Å². The molecule has 0 amide bonds. The monoisotopic (exact) mass is 764 g/mol. The number of allylic oxidation sites excluding steroid dienone is 4. The highest BCUT2D eigenvalue weighted by molar-refractivity contribution is 7.19. The molecule has 3 aromatic heterocycles. The van der Waals surface area contributed by atoms with E-state index in [1.807, 2.05) is 19.9 Å². The van der Waals surface area contributed by atoms with Crippen LogP contribution in [0.4, 0.5) is 35.0 Å². The largest absolute Gasteiger partial charge is 0.677 e. The Labute approximate surface area is 309 Å². The molecule has 0 radical (unpaired) electrons. The molecule has 53 heavy (non-hydrogen) atoms. The molecule has 0 fully saturated rings. The first-order chi connectivity index (χ1) is 24.9. The molecule has 2 aliphatic rings. The van der Waals surface area contributed by atoms with E-state index >= 15 is 26.3 Å². The zero-order valence-corrected chi connectivity index (χ0v) is 30.8. The van der Waals surface area contributed by atoms with Gasteiger partial charge in [-0.15, -0.1) is 22.7 Å². The predicted molar refractivity (Wildman–Crippen MR) is 200 cm³/mol. The van der Waals surface area contributed by atoms with Crippen molar-refractivity contribution < 1.29 is 35.0 Å². The molecule has 5 aromatic rings. The van der Waals surface area contributed by atoms with E-state index in [2.05, 4.69) is 16.8 Å². The quantitative estimate of drug-likeness (QED) is 0.0964. The van der Waals surface area contributed by atoms with Crippen LogP contribution >= 0.6 is 22.7 Å². The first-order valence-electron chi connectivity index (χ1n) is 16.4. The van der Waals surface area contributed by atoms with Crippen molar-refractivity contribution >= 4 is 62.6 Å². The van der Waals surface area contributed by atoms with Gasteiger partial charge in [0, 0.05) is 64.8 Å². The van der Waals surface area contributed by atoms with Crippen molar-refractivity contribution in [3.8, 4) is 11.8 Å². The third-order valence-electron chi connectivity index (χ3n) is 9.55. The predicted octanol–water partition coefficient (Wildman–Crippen LogP) is 12.2. The van der Waals surface area contributed by atoms with Crippen molar-refractivity contribution in [3.05, 3.63) is 132 Å². The number of aliphatic imine (C=N–C) groups is 1. The second-order valence-corrected chi connectivity index (χ2v) is 15.7. The van der Waals surface area contributed by atoms with Crippen LogP contribution in [-0.4, -0.2) is 35.4 Å². The van der Waals surface area contributed by atoms with Gasteiger partial charge in [0.05, 0.1) is 10.6 Å². The Morgan fingerprint density at radius 3 is 2.08 bits per heavy atom. The molecule has 4 heterocycles. The van der Waals surface area contributed by atoms with Crippen LogP contribution in [0.5, 0.6) is 0 Å². The first kappa shape index (κ1) is 36.7. The molecule has 0 atom stereocenters. The Bertz CT molecular complexity index is 2530. The second-order valence-electron chi connectivity index (χ2n) is 13.2. The summed E-state index contributed by atoms with van der Waals surface area (Å²) in [7, 11) is -2.79. The number of nitrogens with zero attached hydrogens (tertiary/aromatic N) is 2. The molecule has 0 bridgehead atoms. The lowest BCUT2D eigenvalue weighted by molar-refractivity contribution is -0.254. The van der Waals surface area contributed by atoms with Gasteiger partial charge in [0.15, 0.2) is 0 Å². The Morgan fingerprint density at radius 2 is 1.43 bits per heavy atom. The van der Waals surface area contributed by atoms with Crippen molar-refractivity contribution in [2.45, 2.75) is 59.3 Å². The summed E-state index contributed by atoms with van der Waals surface area (Å²) in [6.45, 7) is 9.91. The van der Waals surface area contributed by atoms with Gasteiger partial charge in [-0.25, -0.2) is 0 Å². The van der Waals surface area contributed by atoms with E-state index < -0.39 is 41.9 Å². The lowest BCUT2D eigenvalue weighted by Gasteiger charge is -2.25. The molecule has 0 saturated heterocycles. The van der Waals surface area contributed by atoms with Crippen molar-refractivity contribution in [2.24, 2.45) is 4.99 Å². The third kappa shape index (κ3) is 5.64. The maximum atomic E-state index is 15.7.